The molecule has 2 aliphatic rings. The first-order valence-electron chi connectivity index (χ1n) is 10.7. The van der Waals surface area contributed by atoms with Crippen molar-refractivity contribution in [2.45, 2.75) is 50.6 Å². The van der Waals surface area contributed by atoms with E-state index in [1.807, 2.05) is 18.3 Å². The third-order valence-electron chi connectivity index (χ3n) is 6.43. The van der Waals surface area contributed by atoms with Gasteiger partial charge in [-0.15, -0.1) is 0 Å². The molecular weight excluding hydrogens is 418 g/mol. The SMILES string of the molecule is O=C(NCC1CC1)c1nn(CC2(n3cc(Cl)c4cccnc43)CCCC2)cc(O)c1=O. The van der Waals surface area contributed by atoms with E-state index in [1.165, 1.54) is 10.9 Å². The number of rotatable bonds is 6. The molecule has 0 bridgehead atoms. The van der Waals surface area contributed by atoms with Crippen molar-refractivity contribution in [2.75, 3.05) is 6.54 Å². The van der Waals surface area contributed by atoms with Crippen LogP contribution in [-0.2, 0) is 12.1 Å². The fraction of sp³-hybridized carbons (Fsp3) is 0.455. The lowest BCUT2D eigenvalue weighted by Crippen LogP contribution is -2.38. The number of hydrogen-bond donors (Lipinski definition) is 2. The summed E-state index contributed by atoms with van der Waals surface area (Å²) in [5.74, 6) is -0.545. The maximum atomic E-state index is 12.5. The largest absolute Gasteiger partial charge is 0.503 e. The zero-order valence-electron chi connectivity index (χ0n) is 17.1. The zero-order valence-corrected chi connectivity index (χ0v) is 17.8. The minimum Gasteiger partial charge on any atom is -0.503 e. The Morgan fingerprint density at radius 2 is 2.06 bits per heavy atom. The van der Waals surface area contributed by atoms with Crippen molar-refractivity contribution < 1.29 is 9.90 Å². The summed E-state index contributed by atoms with van der Waals surface area (Å²) in [7, 11) is 0. The second-order valence-electron chi connectivity index (χ2n) is 8.70. The van der Waals surface area contributed by atoms with Crippen LogP contribution in [0.1, 0.15) is 49.0 Å². The molecule has 1 amide bonds. The van der Waals surface area contributed by atoms with E-state index in [1.54, 1.807) is 6.20 Å². The molecule has 3 aromatic rings. The number of aromatic hydroxyl groups is 1. The molecule has 0 aliphatic heterocycles. The number of nitrogens with zero attached hydrogens (tertiary/aromatic N) is 4. The van der Waals surface area contributed by atoms with Gasteiger partial charge in [-0.2, -0.15) is 5.10 Å². The number of pyridine rings is 1. The minimum absolute atomic E-state index is 0.276. The van der Waals surface area contributed by atoms with Gasteiger partial charge in [0.25, 0.3) is 11.3 Å². The van der Waals surface area contributed by atoms with Crippen LogP contribution in [-0.4, -0.2) is 36.9 Å². The quantitative estimate of drug-likeness (QED) is 0.612. The Kier molecular flexibility index (Phi) is 4.97. The summed E-state index contributed by atoms with van der Waals surface area (Å²) in [6, 6.07) is 3.79. The number of carbonyl (C=O) groups is 1. The first-order chi connectivity index (χ1) is 15.0. The van der Waals surface area contributed by atoms with Gasteiger partial charge in [-0.05, 0) is 43.7 Å². The standard InChI is InChI=1S/C22H24ClN5O3/c23-16-11-28(20-15(16)4-3-9-24-20)22(7-1-2-8-22)13-27-12-17(29)19(30)18(26-27)21(31)25-10-14-5-6-14/h3-4,9,11-12,14,29H,1-2,5-8,10,13H2,(H,25,31). The Bertz CT molecular complexity index is 1210. The summed E-state index contributed by atoms with van der Waals surface area (Å²) in [4.78, 5) is 29.4. The summed E-state index contributed by atoms with van der Waals surface area (Å²) in [5.41, 5.74) is -0.596. The molecule has 0 spiro atoms. The molecule has 3 heterocycles. The monoisotopic (exact) mass is 441 g/mol. The van der Waals surface area contributed by atoms with Crippen LogP contribution in [0.5, 0.6) is 5.75 Å². The second-order valence-corrected chi connectivity index (χ2v) is 9.10. The minimum atomic E-state index is -0.749. The van der Waals surface area contributed by atoms with E-state index >= 15 is 0 Å². The van der Waals surface area contributed by atoms with Crippen LogP contribution < -0.4 is 10.7 Å². The lowest BCUT2D eigenvalue weighted by molar-refractivity contribution is 0.0941. The van der Waals surface area contributed by atoms with Crippen LogP contribution >= 0.6 is 11.6 Å². The van der Waals surface area contributed by atoms with Crippen LogP contribution in [0, 0.1) is 5.92 Å². The maximum absolute atomic E-state index is 12.5. The molecule has 2 N–H and O–H groups in total. The molecule has 0 atom stereocenters. The van der Waals surface area contributed by atoms with Crippen molar-refractivity contribution >= 4 is 28.5 Å². The Morgan fingerprint density at radius 3 is 2.81 bits per heavy atom. The average molecular weight is 442 g/mol. The predicted molar refractivity (Wildman–Crippen MR) is 116 cm³/mol. The molecule has 5 rings (SSSR count). The highest BCUT2D eigenvalue weighted by molar-refractivity contribution is 6.35. The van der Waals surface area contributed by atoms with Gasteiger partial charge < -0.3 is 15.0 Å². The fourth-order valence-corrected chi connectivity index (χ4v) is 4.83. The Balaban J connectivity index is 1.52. The summed E-state index contributed by atoms with van der Waals surface area (Å²) in [6.45, 7) is 0.916. The Hall–Kier alpha value is -2.87. The molecule has 0 aromatic carbocycles. The number of nitrogens with one attached hydrogen (secondary N) is 1. The van der Waals surface area contributed by atoms with E-state index in [2.05, 4.69) is 20.0 Å². The van der Waals surface area contributed by atoms with Crippen LogP contribution in [0.3, 0.4) is 0 Å². The van der Waals surface area contributed by atoms with Gasteiger partial charge in [-0.1, -0.05) is 24.4 Å². The normalized spacial score (nSPS) is 17.8. The van der Waals surface area contributed by atoms with Gasteiger partial charge in [0.15, 0.2) is 11.4 Å². The molecule has 2 saturated carbocycles. The summed E-state index contributed by atoms with van der Waals surface area (Å²) in [5, 5.41) is 18.8. The molecule has 3 aromatic heterocycles. The van der Waals surface area contributed by atoms with Crippen molar-refractivity contribution in [3.8, 4) is 5.75 Å². The van der Waals surface area contributed by atoms with E-state index in [4.69, 9.17) is 11.6 Å². The van der Waals surface area contributed by atoms with Crippen molar-refractivity contribution in [2.24, 2.45) is 5.92 Å². The lowest BCUT2D eigenvalue weighted by atomic mass is 9.97. The van der Waals surface area contributed by atoms with Crippen molar-refractivity contribution in [3.05, 3.63) is 51.7 Å². The van der Waals surface area contributed by atoms with Crippen LogP contribution in [0.4, 0.5) is 0 Å². The highest BCUT2D eigenvalue weighted by atomic mass is 35.5. The highest BCUT2D eigenvalue weighted by Crippen LogP contribution is 2.41. The molecule has 2 fully saturated rings. The molecule has 8 nitrogen and oxygen atoms in total. The van der Waals surface area contributed by atoms with E-state index in [0.717, 1.165) is 49.6 Å². The van der Waals surface area contributed by atoms with Crippen LogP contribution in [0.25, 0.3) is 11.0 Å². The van der Waals surface area contributed by atoms with Gasteiger partial charge in [0.1, 0.15) is 5.65 Å². The molecule has 0 unspecified atom stereocenters. The number of amides is 1. The summed E-state index contributed by atoms with van der Waals surface area (Å²) >= 11 is 6.48. The van der Waals surface area contributed by atoms with E-state index in [9.17, 15) is 14.7 Å². The molecule has 31 heavy (non-hydrogen) atoms. The van der Waals surface area contributed by atoms with Crippen LogP contribution in [0.15, 0.2) is 35.5 Å². The highest BCUT2D eigenvalue weighted by Gasteiger charge is 2.38. The Labute approximate surface area is 183 Å². The van der Waals surface area contributed by atoms with E-state index < -0.39 is 17.1 Å². The maximum Gasteiger partial charge on any atom is 0.275 e. The smallest absolute Gasteiger partial charge is 0.275 e. The number of halogens is 1. The topological polar surface area (TPSA) is 102 Å². The zero-order chi connectivity index (χ0) is 21.6. The van der Waals surface area contributed by atoms with Gasteiger partial charge in [-0.25, -0.2) is 4.98 Å². The molecule has 2 aliphatic carbocycles. The van der Waals surface area contributed by atoms with E-state index in [0.29, 0.717) is 24.0 Å². The summed E-state index contributed by atoms with van der Waals surface area (Å²) < 4.78 is 3.61. The summed E-state index contributed by atoms with van der Waals surface area (Å²) in [6.07, 6.45) is 10.9. The third-order valence-corrected chi connectivity index (χ3v) is 6.73. The van der Waals surface area contributed by atoms with Crippen molar-refractivity contribution in [1.82, 2.24) is 24.6 Å². The van der Waals surface area contributed by atoms with Crippen molar-refractivity contribution in [3.63, 3.8) is 0 Å². The second kappa shape index (κ2) is 7.67. The molecule has 162 valence electrons. The number of aromatic nitrogens is 4. The lowest BCUT2D eigenvalue weighted by Gasteiger charge is -2.32. The first-order valence-corrected chi connectivity index (χ1v) is 11.1. The first kappa shape index (κ1) is 20.1. The van der Waals surface area contributed by atoms with Gasteiger partial charge in [-0.3, -0.25) is 14.3 Å². The van der Waals surface area contributed by atoms with Gasteiger partial charge in [0, 0.05) is 24.3 Å². The number of carbonyl (C=O) groups excluding carboxylic acids is 1. The Morgan fingerprint density at radius 1 is 1.29 bits per heavy atom. The van der Waals surface area contributed by atoms with Gasteiger partial charge >= 0.3 is 0 Å². The average Bonchev–Trinajstić information content (AvgIpc) is 3.38. The predicted octanol–water partition coefficient (Wildman–Crippen LogP) is 3.06. The van der Waals surface area contributed by atoms with E-state index in [-0.39, 0.29) is 11.2 Å². The molecule has 0 saturated heterocycles. The molecular formula is C22H24ClN5O3. The van der Waals surface area contributed by atoms with Gasteiger partial charge in [0.2, 0.25) is 0 Å². The third kappa shape index (κ3) is 3.69. The molecule has 9 heteroatoms. The number of hydrogen-bond acceptors (Lipinski definition) is 5. The van der Waals surface area contributed by atoms with Crippen LogP contribution in [0.2, 0.25) is 5.02 Å². The van der Waals surface area contributed by atoms with Gasteiger partial charge in [0.05, 0.1) is 23.3 Å². The number of fused-ring (bicyclic) bond motifs is 1. The fourth-order valence-electron chi connectivity index (χ4n) is 4.59. The molecule has 0 radical (unpaired) electrons. The van der Waals surface area contributed by atoms with Crippen molar-refractivity contribution in [1.29, 1.82) is 0 Å².